The van der Waals surface area contributed by atoms with Gasteiger partial charge in [0.05, 0.1) is 6.54 Å². The standard InChI is InChI=1S/C24H24N2OS/c27-23(25-21-9-5-4-8-19(21)17-6-2-1-3-7-17)16-26-14-12-22-20(13-15-28-22)24(26)18-10-11-18/h1-9,13,15,18,24H,10-12,14,16H2,(H,25,27)/p+1/t24-/m1/s1. The van der Waals surface area contributed by atoms with Gasteiger partial charge in [0.15, 0.2) is 6.54 Å². The molecule has 1 fully saturated rings. The number of quaternary nitrogens is 1. The fraction of sp³-hybridized carbons (Fsp3) is 0.292. The van der Waals surface area contributed by atoms with Gasteiger partial charge in [-0.2, -0.15) is 0 Å². The maximum absolute atomic E-state index is 13.0. The van der Waals surface area contributed by atoms with Crippen LogP contribution in [0.15, 0.2) is 66.0 Å². The quantitative estimate of drug-likeness (QED) is 0.681. The van der Waals surface area contributed by atoms with Crippen molar-refractivity contribution >= 4 is 22.9 Å². The summed E-state index contributed by atoms with van der Waals surface area (Å²) in [4.78, 5) is 15.9. The number of amides is 1. The molecule has 0 saturated heterocycles. The monoisotopic (exact) mass is 389 g/mol. The summed E-state index contributed by atoms with van der Waals surface area (Å²) in [5.74, 6) is 0.871. The minimum absolute atomic E-state index is 0.114. The van der Waals surface area contributed by atoms with Gasteiger partial charge in [-0.25, -0.2) is 0 Å². The van der Waals surface area contributed by atoms with Crippen LogP contribution in [0.5, 0.6) is 0 Å². The summed E-state index contributed by atoms with van der Waals surface area (Å²) in [7, 11) is 0. The predicted molar refractivity (Wildman–Crippen MR) is 115 cm³/mol. The lowest BCUT2D eigenvalue weighted by Crippen LogP contribution is -3.14. The lowest BCUT2D eigenvalue weighted by Gasteiger charge is -2.32. The number of hydrogen-bond acceptors (Lipinski definition) is 2. The van der Waals surface area contributed by atoms with Gasteiger partial charge >= 0.3 is 0 Å². The highest BCUT2D eigenvalue weighted by Gasteiger charge is 2.43. The molecule has 5 rings (SSSR count). The first-order chi connectivity index (χ1) is 13.8. The topological polar surface area (TPSA) is 33.5 Å². The molecule has 2 aromatic carbocycles. The second-order valence-corrected chi connectivity index (χ2v) is 8.91. The van der Waals surface area contributed by atoms with E-state index in [1.54, 1.807) is 0 Å². The first-order valence-corrected chi connectivity index (χ1v) is 11.0. The number of carbonyl (C=O) groups is 1. The third-order valence-corrected chi connectivity index (χ3v) is 6.99. The Morgan fingerprint density at radius 1 is 1.04 bits per heavy atom. The minimum atomic E-state index is 0.114. The Balaban J connectivity index is 1.34. The molecule has 4 heteroatoms. The molecule has 2 heterocycles. The fourth-order valence-electron chi connectivity index (χ4n) is 4.56. The molecule has 1 aliphatic heterocycles. The normalized spacial score (nSPS) is 21.1. The van der Waals surface area contributed by atoms with Crippen LogP contribution in [0.4, 0.5) is 5.69 Å². The molecule has 1 aromatic heterocycles. The summed E-state index contributed by atoms with van der Waals surface area (Å²) in [6.45, 7) is 1.60. The van der Waals surface area contributed by atoms with E-state index in [4.69, 9.17) is 0 Å². The number of thiophene rings is 1. The van der Waals surface area contributed by atoms with E-state index >= 15 is 0 Å². The minimum Gasteiger partial charge on any atom is -0.321 e. The number of fused-ring (bicyclic) bond motifs is 1. The molecule has 0 radical (unpaired) electrons. The van der Waals surface area contributed by atoms with Crippen LogP contribution in [0.2, 0.25) is 0 Å². The van der Waals surface area contributed by atoms with E-state index in [9.17, 15) is 4.79 Å². The molecule has 2 N–H and O–H groups in total. The number of benzene rings is 2. The molecule has 1 aliphatic carbocycles. The molecule has 0 bridgehead atoms. The Morgan fingerprint density at radius 2 is 1.82 bits per heavy atom. The van der Waals surface area contributed by atoms with Crippen molar-refractivity contribution in [3.05, 3.63) is 76.5 Å². The summed E-state index contributed by atoms with van der Waals surface area (Å²) in [5.41, 5.74) is 4.60. The van der Waals surface area contributed by atoms with E-state index in [2.05, 4.69) is 35.0 Å². The molecule has 2 atom stereocenters. The van der Waals surface area contributed by atoms with Gasteiger partial charge in [-0.15, -0.1) is 11.3 Å². The first-order valence-electron chi connectivity index (χ1n) is 10.1. The van der Waals surface area contributed by atoms with E-state index in [1.165, 1.54) is 28.2 Å². The van der Waals surface area contributed by atoms with Gasteiger partial charge < -0.3 is 10.2 Å². The van der Waals surface area contributed by atoms with Crippen LogP contribution < -0.4 is 10.2 Å². The summed E-state index contributed by atoms with van der Waals surface area (Å²) in [6, 6.07) is 21.1. The van der Waals surface area contributed by atoms with Gasteiger partial charge in [-0.1, -0.05) is 48.5 Å². The highest BCUT2D eigenvalue weighted by Crippen LogP contribution is 2.42. The molecular formula is C24H25N2OS+. The van der Waals surface area contributed by atoms with Crippen molar-refractivity contribution in [3.63, 3.8) is 0 Å². The number of hydrogen-bond donors (Lipinski definition) is 2. The number of nitrogens with one attached hydrogen (secondary N) is 2. The van der Waals surface area contributed by atoms with Gasteiger partial charge in [-0.3, -0.25) is 4.79 Å². The maximum atomic E-state index is 13.0. The van der Waals surface area contributed by atoms with Crippen LogP contribution in [0.3, 0.4) is 0 Å². The second kappa shape index (κ2) is 7.53. The predicted octanol–water partition coefficient (Wildman–Crippen LogP) is 3.95. The SMILES string of the molecule is O=C(C[NH+]1CCc2sccc2[C@H]1C1CC1)Nc1ccccc1-c1ccccc1. The van der Waals surface area contributed by atoms with Gasteiger partial charge in [0.25, 0.3) is 5.91 Å². The van der Waals surface area contributed by atoms with E-state index in [0.717, 1.165) is 35.7 Å². The zero-order chi connectivity index (χ0) is 18.9. The van der Waals surface area contributed by atoms with Gasteiger partial charge in [0.2, 0.25) is 0 Å². The summed E-state index contributed by atoms with van der Waals surface area (Å²) >= 11 is 1.88. The van der Waals surface area contributed by atoms with Crippen LogP contribution in [0.25, 0.3) is 11.1 Å². The van der Waals surface area contributed by atoms with Crippen molar-refractivity contribution in [2.75, 3.05) is 18.4 Å². The Bertz CT molecular complexity index is 977. The maximum Gasteiger partial charge on any atom is 0.279 e. The van der Waals surface area contributed by atoms with Crippen LogP contribution in [0.1, 0.15) is 29.3 Å². The van der Waals surface area contributed by atoms with Gasteiger partial charge in [0.1, 0.15) is 6.04 Å². The highest BCUT2D eigenvalue weighted by molar-refractivity contribution is 7.10. The smallest absolute Gasteiger partial charge is 0.279 e. The molecule has 1 unspecified atom stereocenters. The highest BCUT2D eigenvalue weighted by atomic mass is 32.1. The third kappa shape index (κ3) is 3.50. The molecule has 142 valence electrons. The molecule has 1 saturated carbocycles. The fourth-order valence-corrected chi connectivity index (χ4v) is 5.49. The molecule has 28 heavy (non-hydrogen) atoms. The van der Waals surface area contributed by atoms with Crippen molar-refractivity contribution in [2.24, 2.45) is 5.92 Å². The van der Waals surface area contributed by atoms with Crippen molar-refractivity contribution < 1.29 is 9.69 Å². The Hall–Kier alpha value is -2.43. The number of carbonyl (C=O) groups excluding carboxylic acids is 1. The first kappa shape index (κ1) is 17.7. The van der Waals surface area contributed by atoms with Crippen LogP contribution in [-0.4, -0.2) is 19.0 Å². The number of anilines is 1. The van der Waals surface area contributed by atoms with E-state index < -0.39 is 0 Å². The average Bonchev–Trinajstić information content (AvgIpc) is 3.45. The van der Waals surface area contributed by atoms with Crippen molar-refractivity contribution in [1.29, 1.82) is 0 Å². The van der Waals surface area contributed by atoms with E-state index in [0.29, 0.717) is 12.6 Å². The zero-order valence-electron chi connectivity index (χ0n) is 15.9. The molecule has 1 amide bonds. The summed E-state index contributed by atoms with van der Waals surface area (Å²) in [5, 5.41) is 5.42. The molecule has 0 spiro atoms. The number of rotatable bonds is 5. The van der Waals surface area contributed by atoms with E-state index in [1.807, 2.05) is 47.7 Å². The summed E-state index contributed by atoms with van der Waals surface area (Å²) in [6.07, 6.45) is 3.71. The van der Waals surface area contributed by atoms with Crippen LogP contribution in [0, 0.1) is 5.92 Å². The third-order valence-electron chi connectivity index (χ3n) is 5.99. The molecule has 2 aliphatic rings. The second-order valence-electron chi connectivity index (χ2n) is 7.91. The van der Waals surface area contributed by atoms with Crippen LogP contribution in [-0.2, 0) is 11.2 Å². The average molecular weight is 390 g/mol. The lowest BCUT2D eigenvalue weighted by molar-refractivity contribution is -0.928. The molecule has 3 nitrogen and oxygen atoms in total. The Morgan fingerprint density at radius 3 is 2.64 bits per heavy atom. The number of para-hydroxylation sites is 1. The lowest BCUT2D eigenvalue weighted by atomic mass is 9.96. The Kier molecular flexibility index (Phi) is 4.75. The van der Waals surface area contributed by atoms with Crippen LogP contribution >= 0.6 is 11.3 Å². The molecular weight excluding hydrogens is 364 g/mol. The van der Waals surface area contributed by atoms with Crippen molar-refractivity contribution in [1.82, 2.24) is 0 Å². The largest absolute Gasteiger partial charge is 0.321 e. The van der Waals surface area contributed by atoms with Crippen molar-refractivity contribution in [2.45, 2.75) is 25.3 Å². The van der Waals surface area contributed by atoms with Crippen molar-refractivity contribution in [3.8, 4) is 11.1 Å². The van der Waals surface area contributed by atoms with Gasteiger partial charge in [-0.05, 0) is 35.9 Å². The van der Waals surface area contributed by atoms with Gasteiger partial charge in [0, 0.05) is 34.0 Å². The molecule has 3 aromatic rings. The van der Waals surface area contributed by atoms with E-state index in [-0.39, 0.29) is 5.91 Å². The zero-order valence-corrected chi connectivity index (χ0v) is 16.7. The summed E-state index contributed by atoms with van der Waals surface area (Å²) < 4.78 is 0. The Labute approximate surface area is 170 Å².